The molecule has 1 aliphatic heterocycles. The molecule has 0 spiro atoms. The van der Waals surface area contributed by atoms with Crippen molar-refractivity contribution >= 4 is 11.8 Å². The summed E-state index contributed by atoms with van der Waals surface area (Å²) in [5.74, 6) is -3.53. The number of rotatable bonds is 4. The van der Waals surface area contributed by atoms with Crippen molar-refractivity contribution in [2.45, 2.75) is 94.9 Å². The number of hydrogen-bond acceptors (Lipinski definition) is 6. The molecule has 1 heterocycles. The van der Waals surface area contributed by atoms with Crippen LogP contribution in [0.2, 0.25) is 0 Å². The summed E-state index contributed by atoms with van der Waals surface area (Å²) >= 11 is 0. The van der Waals surface area contributed by atoms with E-state index >= 15 is 8.78 Å². The first-order chi connectivity index (χ1) is 15.9. The number of allylic oxidation sites excluding steroid dienone is 4. The van der Waals surface area contributed by atoms with Crippen LogP contribution in [0.15, 0.2) is 23.8 Å². The van der Waals surface area contributed by atoms with Gasteiger partial charge in [0.1, 0.15) is 11.8 Å². The summed E-state index contributed by atoms with van der Waals surface area (Å²) in [6.45, 7) is 5.13. The van der Waals surface area contributed by atoms with Gasteiger partial charge in [-0.2, -0.15) is 0 Å². The van der Waals surface area contributed by atoms with Crippen LogP contribution in [0.3, 0.4) is 0 Å². The van der Waals surface area contributed by atoms with Crippen molar-refractivity contribution in [2.75, 3.05) is 0 Å². The van der Waals surface area contributed by atoms with Crippen LogP contribution >= 0.6 is 0 Å². The van der Waals surface area contributed by atoms with Crippen molar-refractivity contribution in [3.8, 4) is 0 Å². The highest BCUT2D eigenvalue weighted by molar-refractivity contribution is 6.01. The molecule has 5 rings (SSSR count). The number of hydrogen-bond donors (Lipinski definition) is 3. The first-order valence-electron chi connectivity index (χ1n) is 12.1. The van der Waals surface area contributed by atoms with Gasteiger partial charge in [-0.3, -0.25) is 4.79 Å². The third kappa shape index (κ3) is 2.64. The molecule has 3 saturated carbocycles. The Hall–Kier alpha value is -1.68. The number of carboxylic acids is 1. The minimum atomic E-state index is -2.29. The van der Waals surface area contributed by atoms with Gasteiger partial charge in [-0.1, -0.05) is 26.3 Å². The van der Waals surface area contributed by atoms with E-state index in [4.69, 9.17) is 9.47 Å². The maximum Gasteiger partial charge on any atom is 0.335 e. The van der Waals surface area contributed by atoms with Crippen LogP contribution in [0.25, 0.3) is 0 Å². The van der Waals surface area contributed by atoms with Crippen LogP contribution in [0.4, 0.5) is 8.78 Å². The lowest BCUT2D eigenvalue weighted by molar-refractivity contribution is -0.254. The molecule has 34 heavy (non-hydrogen) atoms. The predicted octanol–water partition coefficient (Wildman–Crippen LogP) is 2.64. The molecule has 4 fully saturated rings. The number of carboxylic acid groups (broad SMARTS) is 1. The number of aliphatic hydroxyl groups is 2. The Labute approximate surface area is 196 Å². The maximum absolute atomic E-state index is 17.2. The van der Waals surface area contributed by atoms with Crippen LogP contribution in [-0.2, 0) is 19.1 Å². The Kier molecular flexibility index (Phi) is 5.24. The number of carbonyl (C=O) groups is 2. The SMILES string of the molecule is CCCC1O[C@@H]2C[C@H]3[C@@H]4C[C@H](F)C5=CC(=O)C=C[C@]5(C)[C@@]4(F)[C@@H](O)C[C@]3(C)[C@]2(C(O)C(=O)O)O1. The molecule has 3 N–H and O–H groups in total. The molecule has 2 unspecified atom stereocenters. The highest BCUT2D eigenvalue weighted by atomic mass is 19.1. The zero-order valence-electron chi connectivity index (χ0n) is 19.5. The van der Waals surface area contributed by atoms with E-state index in [1.807, 2.05) is 6.92 Å². The normalized spacial score (nSPS) is 52.3. The van der Waals surface area contributed by atoms with Crippen molar-refractivity contribution in [3.63, 3.8) is 0 Å². The lowest BCUT2D eigenvalue weighted by atomic mass is 9.44. The molecule has 9 heteroatoms. The Morgan fingerprint density at radius 3 is 2.65 bits per heavy atom. The Bertz CT molecular complexity index is 982. The fourth-order valence-corrected chi connectivity index (χ4v) is 8.11. The van der Waals surface area contributed by atoms with E-state index in [0.29, 0.717) is 12.8 Å². The standard InChI is InChI=1S/C25H32F2O7/c1-4-5-19-33-18-10-13-14-9-16(26)15-8-12(28)6-7-22(15,2)24(14,27)17(29)11-23(13,3)25(18,34-19)20(30)21(31)32/h6-8,13-14,16-20,29-30H,4-5,9-11H2,1-3H3,(H,31,32)/t13-,14-,16-,17-,18+,19?,20?,22-,23-,24-,25-/m0/s1. The first kappa shape index (κ1) is 24.0. The lowest BCUT2D eigenvalue weighted by Gasteiger charge is -2.63. The lowest BCUT2D eigenvalue weighted by Crippen LogP contribution is -2.71. The number of aliphatic carboxylic acids is 1. The van der Waals surface area contributed by atoms with Crippen molar-refractivity contribution < 1.29 is 43.2 Å². The Morgan fingerprint density at radius 1 is 1.29 bits per heavy atom. The third-order valence-corrected chi connectivity index (χ3v) is 9.66. The Balaban J connectivity index is 1.63. The second kappa shape index (κ2) is 7.41. The summed E-state index contributed by atoms with van der Waals surface area (Å²) in [5.41, 5.74) is -6.70. The molecular formula is C25H32F2O7. The molecule has 188 valence electrons. The number of aliphatic hydroxyl groups excluding tert-OH is 2. The highest BCUT2D eigenvalue weighted by Gasteiger charge is 2.80. The van der Waals surface area contributed by atoms with Gasteiger partial charge < -0.3 is 24.8 Å². The zero-order valence-corrected chi connectivity index (χ0v) is 19.5. The maximum atomic E-state index is 17.2. The van der Waals surface area contributed by atoms with Gasteiger partial charge in [0.25, 0.3) is 0 Å². The molecule has 0 aromatic carbocycles. The van der Waals surface area contributed by atoms with E-state index < -0.39 is 76.5 Å². The zero-order chi connectivity index (χ0) is 24.8. The van der Waals surface area contributed by atoms with E-state index in [-0.39, 0.29) is 24.8 Å². The molecule has 0 amide bonds. The average molecular weight is 483 g/mol. The molecule has 0 bridgehead atoms. The fraction of sp³-hybridized carbons (Fsp3) is 0.760. The van der Waals surface area contributed by atoms with Crippen molar-refractivity contribution in [1.29, 1.82) is 0 Å². The van der Waals surface area contributed by atoms with Gasteiger partial charge in [-0.25, -0.2) is 13.6 Å². The van der Waals surface area contributed by atoms with Crippen LogP contribution in [0.5, 0.6) is 0 Å². The highest BCUT2D eigenvalue weighted by Crippen LogP contribution is 2.72. The largest absolute Gasteiger partial charge is 0.479 e. The van der Waals surface area contributed by atoms with Gasteiger partial charge in [-0.15, -0.1) is 0 Å². The summed E-state index contributed by atoms with van der Waals surface area (Å²) in [4.78, 5) is 24.0. The van der Waals surface area contributed by atoms with Crippen molar-refractivity contribution in [1.82, 2.24) is 0 Å². The first-order valence-corrected chi connectivity index (χ1v) is 12.1. The fourth-order valence-electron chi connectivity index (χ4n) is 8.11. The summed E-state index contributed by atoms with van der Waals surface area (Å²) in [6.07, 6.45) is -2.13. The predicted molar refractivity (Wildman–Crippen MR) is 115 cm³/mol. The van der Waals surface area contributed by atoms with E-state index in [0.717, 1.165) is 6.08 Å². The summed E-state index contributed by atoms with van der Waals surface area (Å²) < 4.78 is 45.0. The van der Waals surface area contributed by atoms with Gasteiger partial charge >= 0.3 is 5.97 Å². The second-order valence-corrected chi connectivity index (χ2v) is 11.1. The monoisotopic (exact) mass is 482 g/mol. The van der Waals surface area contributed by atoms with E-state index in [1.54, 1.807) is 6.92 Å². The van der Waals surface area contributed by atoms with Gasteiger partial charge in [0.2, 0.25) is 0 Å². The molecule has 11 atom stereocenters. The van der Waals surface area contributed by atoms with Gasteiger partial charge in [0, 0.05) is 16.7 Å². The van der Waals surface area contributed by atoms with Gasteiger partial charge in [-0.05, 0) is 56.3 Å². The quantitative estimate of drug-likeness (QED) is 0.565. The van der Waals surface area contributed by atoms with Crippen molar-refractivity contribution in [3.05, 3.63) is 23.8 Å². The molecule has 7 nitrogen and oxygen atoms in total. The minimum Gasteiger partial charge on any atom is -0.479 e. The minimum absolute atomic E-state index is 0.0235. The van der Waals surface area contributed by atoms with Gasteiger partial charge in [0.05, 0.1) is 12.2 Å². The smallest absolute Gasteiger partial charge is 0.335 e. The molecule has 0 aromatic heterocycles. The van der Waals surface area contributed by atoms with Crippen molar-refractivity contribution in [2.24, 2.45) is 22.7 Å². The number of fused-ring (bicyclic) bond motifs is 7. The number of halogens is 2. The number of ether oxygens (including phenoxy) is 2. The molecule has 1 saturated heterocycles. The third-order valence-electron chi connectivity index (χ3n) is 9.66. The summed E-state index contributed by atoms with van der Waals surface area (Å²) in [7, 11) is 0. The van der Waals surface area contributed by atoms with Crippen LogP contribution in [-0.4, -0.2) is 69.1 Å². The van der Waals surface area contributed by atoms with Crippen LogP contribution < -0.4 is 0 Å². The number of alkyl halides is 2. The second-order valence-electron chi connectivity index (χ2n) is 11.1. The molecule has 5 aliphatic rings. The number of ketones is 1. The Morgan fingerprint density at radius 2 is 2.00 bits per heavy atom. The topological polar surface area (TPSA) is 113 Å². The average Bonchev–Trinajstić information content (AvgIpc) is 3.24. The van der Waals surface area contributed by atoms with Crippen LogP contribution in [0, 0.1) is 22.7 Å². The van der Waals surface area contributed by atoms with E-state index in [2.05, 4.69) is 0 Å². The summed E-state index contributed by atoms with van der Waals surface area (Å²) in [6, 6.07) is 0. The summed E-state index contributed by atoms with van der Waals surface area (Å²) in [5, 5.41) is 32.1. The van der Waals surface area contributed by atoms with E-state index in [9.17, 15) is 24.9 Å². The number of carbonyl (C=O) groups excluding carboxylic acids is 1. The molecule has 0 aromatic rings. The van der Waals surface area contributed by atoms with Crippen LogP contribution in [0.1, 0.15) is 52.9 Å². The van der Waals surface area contributed by atoms with E-state index in [1.165, 1.54) is 19.1 Å². The van der Waals surface area contributed by atoms with Gasteiger partial charge in [0.15, 0.2) is 23.8 Å². The molecule has 0 radical (unpaired) electrons. The molecular weight excluding hydrogens is 450 g/mol. The molecule has 4 aliphatic carbocycles.